The molecule has 1 aromatic heterocycles. The first-order valence-electron chi connectivity index (χ1n) is 6.79. The van der Waals surface area contributed by atoms with Gasteiger partial charge in [0.2, 0.25) is 0 Å². The predicted octanol–water partition coefficient (Wildman–Crippen LogP) is 4.94. The third kappa shape index (κ3) is 3.72. The van der Waals surface area contributed by atoms with Crippen molar-refractivity contribution in [3.63, 3.8) is 0 Å². The fourth-order valence-electron chi connectivity index (χ4n) is 2.30. The van der Waals surface area contributed by atoms with Gasteiger partial charge in [0.05, 0.1) is 16.5 Å². The minimum Gasteiger partial charge on any atom is -0.258 e. The van der Waals surface area contributed by atoms with Crippen LogP contribution in [0.4, 0.5) is 0 Å². The maximum atomic E-state index is 13.0. The summed E-state index contributed by atoms with van der Waals surface area (Å²) in [5.74, 6) is 0.528. The molecule has 0 bridgehead atoms. The van der Waals surface area contributed by atoms with Gasteiger partial charge in [0.15, 0.2) is 0 Å². The van der Waals surface area contributed by atoms with Crippen LogP contribution in [0, 0.1) is 0 Å². The SMILES string of the molecule is O=[S@](Cc1cncs1)[C@@H](c1ccccc1)c1ccc(Br)cc1. The zero-order valence-electron chi connectivity index (χ0n) is 11.7. The molecule has 0 amide bonds. The van der Waals surface area contributed by atoms with Crippen LogP contribution in [-0.2, 0) is 16.6 Å². The summed E-state index contributed by atoms with van der Waals surface area (Å²) < 4.78 is 14.0. The lowest BCUT2D eigenvalue weighted by Gasteiger charge is -2.17. The van der Waals surface area contributed by atoms with Crippen LogP contribution in [0.15, 0.2) is 70.8 Å². The van der Waals surface area contributed by atoms with Crippen LogP contribution in [0.25, 0.3) is 0 Å². The van der Waals surface area contributed by atoms with Crippen LogP contribution in [0.5, 0.6) is 0 Å². The molecule has 0 saturated heterocycles. The monoisotopic (exact) mass is 391 g/mol. The van der Waals surface area contributed by atoms with Gasteiger partial charge in [-0.3, -0.25) is 9.19 Å². The Morgan fingerprint density at radius 1 is 1.05 bits per heavy atom. The Morgan fingerprint density at radius 3 is 2.36 bits per heavy atom. The van der Waals surface area contributed by atoms with Crippen LogP contribution in [0.1, 0.15) is 21.3 Å². The first-order valence-corrected chi connectivity index (χ1v) is 9.84. The number of halogens is 1. The van der Waals surface area contributed by atoms with E-state index in [1.807, 2.05) is 54.6 Å². The van der Waals surface area contributed by atoms with Crippen molar-refractivity contribution in [2.75, 3.05) is 0 Å². The standard InChI is InChI=1S/C17H14BrNOS2/c18-15-8-6-14(7-9-15)17(13-4-2-1-3-5-13)22(20)11-16-10-19-12-21-16/h1-10,12,17H,11H2/t17-,22+/m0/s1. The van der Waals surface area contributed by atoms with E-state index in [4.69, 9.17) is 0 Å². The van der Waals surface area contributed by atoms with Crippen LogP contribution in [0.3, 0.4) is 0 Å². The van der Waals surface area contributed by atoms with E-state index in [9.17, 15) is 4.21 Å². The summed E-state index contributed by atoms with van der Waals surface area (Å²) in [6, 6.07) is 18.1. The molecule has 112 valence electrons. The van der Waals surface area contributed by atoms with Gasteiger partial charge < -0.3 is 0 Å². The number of aromatic nitrogens is 1. The fourth-order valence-corrected chi connectivity index (χ4v) is 5.01. The molecule has 3 aromatic rings. The molecule has 0 radical (unpaired) electrons. The lowest BCUT2D eigenvalue weighted by Crippen LogP contribution is -2.10. The molecule has 0 aliphatic rings. The molecule has 5 heteroatoms. The highest BCUT2D eigenvalue weighted by Gasteiger charge is 2.21. The lowest BCUT2D eigenvalue weighted by molar-refractivity contribution is 0.678. The number of hydrogen-bond acceptors (Lipinski definition) is 3. The Kier molecular flexibility index (Phi) is 5.18. The summed E-state index contributed by atoms with van der Waals surface area (Å²) in [5.41, 5.74) is 3.92. The Hall–Kier alpha value is -1.30. The molecule has 22 heavy (non-hydrogen) atoms. The summed E-state index contributed by atoms with van der Waals surface area (Å²) in [5, 5.41) is -0.128. The summed E-state index contributed by atoms with van der Waals surface area (Å²) in [4.78, 5) is 5.12. The van der Waals surface area contributed by atoms with Gasteiger partial charge in [-0.1, -0.05) is 58.4 Å². The van der Waals surface area contributed by atoms with Gasteiger partial charge in [-0.25, -0.2) is 0 Å². The smallest absolute Gasteiger partial charge is 0.0850 e. The van der Waals surface area contributed by atoms with Gasteiger partial charge in [-0.05, 0) is 23.3 Å². The predicted molar refractivity (Wildman–Crippen MR) is 96.4 cm³/mol. The molecule has 2 atom stereocenters. The lowest BCUT2D eigenvalue weighted by atomic mass is 10.0. The van der Waals surface area contributed by atoms with E-state index in [0.717, 1.165) is 20.5 Å². The minimum atomic E-state index is -1.04. The number of hydrogen-bond donors (Lipinski definition) is 0. The summed E-state index contributed by atoms with van der Waals surface area (Å²) in [6.07, 6.45) is 1.80. The molecule has 0 aliphatic heterocycles. The van der Waals surface area contributed by atoms with Gasteiger partial charge in [-0.2, -0.15) is 0 Å². The molecular formula is C17H14BrNOS2. The van der Waals surface area contributed by atoms with Gasteiger partial charge in [0.1, 0.15) is 0 Å². The van der Waals surface area contributed by atoms with Gasteiger partial charge in [-0.15, -0.1) is 11.3 Å². The highest BCUT2D eigenvalue weighted by Crippen LogP contribution is 2.31. The molecule has 0 fully saturated rings. The van der Waals surface area contributed by atoms with Crippen molar-refractivity contribution in [2.24, 2.45) is 0 Å². The second-order valence-electron chi connectivity index (χ2n) is 4.84. The van der Waals surface area contributed by atoms with Crippen molar-refractivity contribution < 1.29 is 4.21 Å². The maximum Gasteiger partial charge on any atom is 0.0850 e. The van der Waals surface area contributed by atoms with E-state index < -0.39 is 10.8 Å². The quantitative estimate of drug-likeness (QED) is 0.615. The average Bonchev–Trinajstić information content (AvgIpc) is 3.03. The molecule has 0 N–H and O–H groups in total. The normalized spacial score (nSPS) is 13.7. The largest absolute Gasteiger partial charge is 0.258 e. The molecule has 0 unspecified atom stereocenters. The van der Waals surface area contributed by atoms with E-state index in [-0.39, 0.29) is 5.25 Å². The number of rotatable bonds is 5. The summed E-state index contributed by atoms with van der Waals surface area (Å²) in [6.45, 7) is 0. The zero-order chi connectivity index (χ0) is 15.4. The van der Waals surface area contributed by atoms with Crippen molar-refractivity contribution in [3.05, 3.63) is 86.8 Å². The highest BCUT2D eigenvalue weighted by atomic mass is 79.9. The van der Waals surface area contributed by atoms with Crippen LogP contribution >= 0.6 is 27.3 Å². The van der Waals surface area contributed by atoms with Crippen molar-refractivity contribution >= 4 is 38.1 Å². The van der Waals surface area contributed by atoms with E-state index in [2.05, 4.69) is 20.9 Å². The van der Waals surface area contributed by atoms with E-state index in [1.165, 1.54) is 0 Å². The van der Waals surface area contributed by atoms with Crippen molar-refractivity contribution in [1.82, 2.24) is 4.98 Å². The van der Waals surface area contributed by atoms with Crippen LogP contribution < -0.4 is 0 Å². The first kappa shape index (κ1) is 15.6. The molecule has 0 saturated carbocycles. The second-order valence-corrected chi connectivity index (χ2v) is 8.24. The van der Waals surface area contributed by atoms with Gasteiger partial charge in [0.25, 0.3) is 0 Å². The molecule has 2 nitrogen and oxygen atoms in total. The van der Waals surface area contributed by atoms with Crippen molar-refractivity contribution in [2.45, 2.75) is 11.0 Å². The molecule has 0 spiro atoms. The molecule has 1 heterocycles. The van der Waals surface area contributed by atoms with Gasteiger partial charge in [0, 0.05) is 26.3 Å². The molecule has 2 aromatic carbocycles. The number of thiazole rings is 1. The topological polar surface area (TPSA) is 30.0 Å². The average molecular weight is 392 g/mol. The van der Waals surface area contributed by atoms with Crippen LogP contribution in [0.2, 0.25) is 0 Å². The Balaban J connectivity index is 1.95. The molecule has 3 rings (SSSR count). The zero-order valence-corrected chi connectivity index (χ0v) is 14.9. The Bertz CT molecular complexity index is 742. The first-order chi connectivity index (χ1) is 10.7. The Morgan fingerprint density at radius 2 is 1.73 bits per heavy atom. The second kappa shape index (κ2) is 7.31. The Labute approximate surface area is 144 Å². The van der Waals surface area contributed by atoms with E-state index >= 15 is 0 Å². The van der Waals surface area contributed by atoms with Gasteiger partial charge >= 0.3 is 0 Å². The molecular weight excluding hydrogens is 378 g/mol. The molecule has 0 aliphatic carbocycles. The summed E-state index contributed by atoms with van der Waals surface area (Å²) >= 11 is 5.00. The van der Waals surface area contributed by atoms with Crippen molar-refractivity contribution in [1.29, 1.82) is 0 Å². The van der Waals surface area contributed by atoms with Crippen LogP contribution in [-0.4, -0.2) is 9.19 Å². The summed E-state index contributed by atoms with van der Waals surface area (Å²) in [7, 11) is -1.04. The maximum absolute atomic E-state index is 13.0. The van der Waals surface area contributed by atoms with E-state index in [0.29, 0.717) is 5.75 Å². The third-order valence-corrected chi connectivity index (χ3v) is 6.46. The number of nitrogens with zero attached hydrogens (tertiary/aromatic N) is 1. The fraction of sp³-hybridized carbons (Fsp3) is 0.118. The van der Waals surface area contributed by atoms with E-state index in [1.54, 1.807) is 23.0 Å². The number of benzene rings is 2. The minimum absolute atomic E-state index is 0.128. The third-order valence-electron chi connectivity index (χ3n) is 3.31. The highest BCUT2D eigenvalue weighted by molar-refractivity contribution is 9.10. The van der Waals surface area contributed by atoms with Crippen molar-refractivity contribution in [3.8, 4) is 0 Å².